The zero-order valence-electron chi connectivity index (χ0n) is 20.0. The highest BCUT2D eigenvalue weighted by atomic mass is 32.2. The molecular formula is C25H31N3O5S. The topological polar surface area (TPSA) is 91.7 Å². The Bertz CT molecular complexity index is 1180. The molecule has 182 valence electrons. The number of fused-ring (bicyclic) bond motifs is 1. The number of ether oxygens (including phenoxy) is 3. The van der Waals surface area contributed by atoms with Crippen LogP contribution < -0.4 is 20.3 Å². The van der Waals surface area contributed by atoms with Gasteiger partial charge in [-0.1, -0.05) is 30.0 Å². The zero-order valence-corrected chi connectivity index (χ0v) is 20.8. The Morgan fingerprint density at radius 1 is 1.12 bits per heavy atom. The van der Waals surface area contributed by atoms with Crippen LogP contribution in [0.15, 0.2) is 52.4 Å². The molecule has 0 aliphatic rings. The van der Waals surface area contributed by atoms with Gasteiger partial charge >= 0.3 is 0 Å². The van der Waals surface area contributed by atoms with E-state index in [0.29, 0.717) is 53.7 Å². The van der Waals surface area contributed by atoms with E-state index in [0.717, 1.165) is 5.56 Å². The van der Waals surface area contributed by atoms with Gasteiger partial charge in [0, 0.05) is 19.7 Å². The number of hydrogen-bond donors (Lipinski definition) is 1. The summed E-state index contributed by atoms with van der Waals surface area (Å²) in [6, 6.07) is 12.8. The molecule has 1 N–H and O–H groups in total. The second-order valence-electron chi connectivity index (χ2n) is 7.90. The van der Waals surface area contributed by atoms with Crippen LogP contribution in [0.4, 0.5) is 0 Å². The summed E-state index contributed by atoms with van der Waals surface area (Å²) in [4.78, 5) is 30.3. The first-order valence-electron chi connectivity index (χ1n) is 11.1. The van der Waals surface area contributed by atoms with Gasteiger partial charge < -0.3 is 19.5 Å². The molecule has 3 rings (SSSR count). The van der Waals surface area contributed by atoms with Crippen molar-refractivity contribution < 1.29 is 19.0 Å². The third-order valence-corrected chi connectivity index (χ3v) is 6.05. The van der Waals surface area contributed by atoms with Gasteiger partial charge in [-0.2, -0.15) is 0 Å². The summed E-state index contributed by atoms with van der Waals surface area (Å²) >= 11 is 1.25. The summed E-state index contributed by atoms with van der Waals surface area (Å²) in [6.07, 6.45) is 0.812. The molecule has 0 atom stereocenters. The first-order valence-corrected chi connectivity index (χ1v) is 12.1. The standard InChI is InChI=1S/C25H31N3O5S/c1-17(2)33-13-7-12-28-24(30)19-8-5-6-9-20(19)27-25(28)34-16-23(29)26-15-18-10-11-21(31-3)22(14-18)32-4/h5-6,8-11,14,17H,7,12-13,15-16H2,1-4H3,(H,26,29). The Morgan fingerprint density at radius 3 is 2.62 bits per heavy atom. The average Bonchev–Trinajstić information content (AvgIpc) is 2.84. The largest absolute Gasteiger partial charge is 0.493 e. The van der Waals surface area contributed by atoms with Crippen LogP contribution in [-0.4, -0.2) is 48.1 Å². The number of nitrogens with zero attached hydrogens (tertiary/aromatic N) is 2. The number of amides is 1. The van der Waals surface area contributed by atoms with E-state index in [1.54, 1.807) is 30.9 Å². The molecule has 0 aliphatic heterocycles. The predicted molar refractivity (Wildman–Crippen MR) is 134 cm³/mol. The summed E-state index contributed by atoms with van der Waals surface area (Å²) in [6.45, 7) is 5.33. The van der Waals surface area contributed by atoms with Crippen molar-refractivity contribution in [2.45, 2.75) is 44.6 Å². The highest BCUT2D eigenvalue weighted by molar-refractivity contribution is 7.99. The minimum Gasteiger partial charge on any atom is -0.493 e. The molecule has 3 aromatic rings. The summed E-state index contributed by atoms with van der Waals surface area (Å²) in [7, 11) is 3.15. The molecule has 8 nitrogen and oxygen atoms in total. The Hall–Kier alpha value is -3.04. The highest BCUT2D eigenvalue weighted by Crippen LogP contribution is 2.27. The van der Waals surface area contributed by atoms with Gasteiger partial charge in [0.2, 0.25) is 5.91 Å². The number of hydrogen-bond acceptors (Lipinski definition) is 7. The molecular weight excluding hydrogens is 454 g/mol. The molecule has 0 radical (unpaired) electrons. The number of carbonyl (C=O) groups is 1. The lowest BCUT2D eigenvalue weighted by Crippen LogP contribution is -2.27. The molecule has 1 aromatic heterocycles. The summed E-state index contributed by atoms with van der Waals surface area (Å²) in [5.74, 6) is 1.22. The van der Waals surface area contributed by atoms with E-state index in [1.165, 1.54) is 11.8 Å². The predicted octanol–water partition coefficient (Wildman–Crippen LogP) is 3.64. The van der Waals surface area contributed by atoms with E-state index in [1.807, 2.05) is 44.2 Å². The van der Waals surface area contributed by atoms with Gasteiger partial charge in [-0.15, -0.1) is 0 Å². The van der Waals surface area contributed by atoms with Crippen LogP contribution in [0.3, 0.4) is 0 Å². The van der Waals surface area contributed by atoms with Gasteiger partial charge in [-0.05, 0) is 50.1 Å². The van der Waals surface area contributed by atoms with Crippen LogP contribution >= 0.6 is 11.8 Å². The lowest BCUT2D eigenvalue weighted by molar-refractivity contribution is -0.118. The van der Waals surface area contributed by atoms with Crippen molar-refractivity contribution in [2.24, 2.45) is 0 Å². The number of methoxy groups -OCH3 is 2. The number of benzene rings is 2. The van der Waals surface area contributed by atoms with E-state index in [-0.39, 0.29) is 23.3 Å². The average molecular weight is 486 g/mol. The SMILES string of the molecule is COc1ccc(CNC(=O)CSc2nc3ccccc3c(=O)n2CCCOC(C)C)cc1OC. The lowest BCUT2D eigenvalue weighted by Gasteiger charge is -2.14. The Labute approximate surface area is 203 Å². The second kappa shape index (κ2) is 12.4. The molecule has 9 heteroatoms. The van der Waals surface area contributed by atoms with E-state index < -0.39 is 0 Å². The number of nitrogens with one attached hydrogen (secondary N) is 1. The summed E-state index contributed by atoms with van der Waals surface area (Å²) in [5.41, 5.74) is 1.40. The van der Waals surface area contributed by atoms with Crippen LogP contribution in [-0.2, 0) is 22.6 Å². The van der Waals surface area contributed by atoms with E-state index in [4.69, 9.17) is 14.2 Å². The molecule has 0 saturated heterocycles. The number of thioether (sulfide) groups is 1. The molecule has 1 amide bonds. The smallest absolute Gasteiger partial charge is 0.262 e. The highest BCUT2D eigenvalue weighted by Gasteiger charge is 2.14. The third-order valence-electron chi connectivity index (χ3n) is 5.07. The molecule has 0 bridgehead atoms. The maximum Gasteiger partial charge on any atom is 0.262 e. The van der Waals surface area contributed by atoms with Gasteiger partial charge in [0.25, 0.3) is 5.56 Å². The van der Waals surface area contributed by atoms with Crippen LogP contribution in [0.1, 0.15) is 25.8 Å². The van der Waals surface area contributed by atoms with E-state index in [2.05, 4.69) is 10.3 Å². The number of carbonyl (C=O) groups excluding carboxylic acids is 1. The van der Waals surface area contributed by atoms with Gasteiger partial charge in [-0.3, -0.25) is 14.2 Å². The fraction of sp³-hybridized carbons (Fsp3) is 0.400. The van der Waals surface area contributed by atoms with Gasteiger partial charge in [0.1, 0.15) is 0 Å². The Morgan fingerprint density at radius 2 is 1.88 bits per heavy atom. The molecule has 0 unspecified atom stereocenters. The number of para-hydroxylation sites is 1. The number of aromatic nitrogens is 2. The maximum absolute atomic E-state index is 13.1. The molecule has 0 spiro atoms. The van der Waals surface area contributed by atoms with Crippen LogP contribution in [0, 0.1) is 0 Å². The lowest BCUT2D eigenvalue weighted by atomic mass is 10.2. The van der Waals surface area contributed by atoms with Crippen molar-refractivity contribution in [3.8, 4) is 11.5 Å². The summed E-state index contributed by atoms with van der Waals surface area (Å²) in [5, 5.41) is 3.99. The van der Waals surface area contributed by atoms with Crippen molar-refractivity contribution >= 4 is 28.6 Å². The Balaban J connectivity index is 1.67. The van der Waals surface area contributed by atoms with Crippen molar-refractivity contribution in [2.75, 3.05) is 26.6 Å². The monoisotopic (exact) mass is 485 g/mol. The number of rotatable bonds is 12. The van der Waals surface area contributed by atoms with E-state index >= 15 is 0 Å². The minimum atomic E-state index is -0.156. The fourth-order valence-corrected chi connectivity index (χ4v) is 4.22. The van der Waals surface area contributed by atoms with Crippen LogP contribution in [0.25, 0.3) is 10.9 Å². The molecule has 1 heterocycles. The minimum absolute atomic E-state index is 0.108. The van der Waals surface area contributed by atoms with Crippen molar-refractivity contribution in [1.29, 1.82) is 0 Å². The molecule has 0 saturated carbocycles. The van der Waals surface area contributed by atoms with Gasteiger partial charge in [0.15, 0.2) is 16.7 Å². The first kappa shape index (κ1) is 25.6. The Kier molecular flexibility index (Phi) is 9.35. The molecule has 2 aromatic carbocycles. The van der Waals surface area contributed by atoms with Gasteiger partial charge in [-0.25, -0.2) is 4.98 Å². The normalized spacial score (nSPS) is 11.1. The van der Waals surface area contributed by atoms with Crippen molar-refractivity contribution in [1.82, 2.24) is 14.9 Å². The first-order chi connectivity index (χ1) is 16.4. The van der Waals surface area contributed by atoms with E-state index in [9.17, 15) is 9.59 Å². The maximum atomic E-state index is 13.1. The van der Waals surface area contributed by atoms with Crippen LogP contribution in [0.2, 0.25) is 0 Å². The van der Waals surface area contributed by atoms with Crippen molar-refractivity contribution in [3.05, 3.63) is 58.4 Å². The second-order valence-corrected chi connectivity index (χ2v) is 8.84. The molecule has 0 aliphatic carbocycles. The third kappa shape index (κ3) is 6.74. The molecule has 0 fully saturated rings. The zero-order chi connectivity index (χ0) is 24.5. The summed E-state index contributed by atoms with van der Waals surface area (Å²) < 4.78 is 17.8. The van der Waals surface area contributed by atoms with Crippen molar-refractivity contribution in [3.63, 3.8) is 0 Å². The molecule has 34 heavy (non-hydrogen) atoms. The van der Waals surface area contributed by atoms with Gasteiger partial charge in [0.05, 0.1) is 37.0 Å². The fourth-order valence-electron chi connectivity index (χ4n) is 3.37. The quantitative estimate of drug-likeness (QED) is 0.238. The van der Waals surface area contributed by atoms with Crippen LogP contribution in [0.5, 0.6) is 11.5 Å².